The van der Waals surface area contributed by atoms with Crippen molar-refractivity contribution in [3.05, 3.63) is 34.1 Å². The topological polar surface area (TPSA) is 21.3 Å². The largest absolute Gasteiger partial charge is 0.377 e. The fourth-order valence-electron chi connectivity index (χ4n) is 2.03. The molecule has 1 N–H and O–H groups in total. The van der Waals surface area contributed by atoms with E-state index in [1.165, 1.54) is 12.5 Å². The van der Waals surface area contributed by atoms with E-state index in [-0.39, 0.29) is 5.82 Å². The van der Waals surface area contributed by atoms with Crippen molar-refractivity contribution < 1.29 is 9.13 Å². The molecule has 1 unspecified atom stereocenters. The highest BCUT2D eigenvalue weighted by Gasteiger charge is 2.13. The zero-order chi connectivity index (χ0) is 12.1. The number of nitrogens with one attached hydrogen (secondary N) is 1. The normalized spacial score (nSPS) is 19.8. The molecule has 1 fully saturated rings. The molecule has 0 bridgehead atoms. The molecule has 0 aliphatic carbocycles. The van der Waals surface area contributed by atoms with Crippen LogP contribution in [0.1, 0.15) is 18.4 Å². The summed E-state index contributed by atoms with van der Waals surface area (Å²) < 4.78 is 19.1. The summed E-state index contributed by atoms with van der Waals surface area (Å²) in [4.78, 5) is 0. The predicted molar refractivity (Wildman–Crippen MR) is 69.3 cm³/mol. The lowest BCUT2D eigenvalue weighted by atomic mass is 10.1. The summed E-state index contributed by atoms with van der Waals surface area (Å²) in [5.74, 6) is 0.528. The Morgan fingerprint density at radius 1 is 1.47 bits per heavy atom. The third-order valence-electron chi connectivity index (χ3n) is 3.09. The standard InChI is InChI=1S/C13H17BrFNO/c14-12-7-11(1-2-13(12)15)9-17-6-4-10-3-5-16-8-10/h1-2,7,10,16H,3-6,8-9H2. The maximum atomic E-state index is 13.0. The van der Waals surface area contributed by atoms with Crippen molar-refractivity contribution >= 4 is 15.9 Å². The zero-order valence-electron chi connectivity index (χ0n) is 9.72. The molecule has 0 amide bonds. The van der Waals surface area contributed by atoms with Crippen molar-refractivity contribution in [1.29, 1.82) is 0 Å². The average molecular weight is 302 g/mol. The number of ether oxygens (including phenoxy) is 1. The van der Waals surface area contributed by atoms with Gasteiger partial charge in [-0.2, -0.15) is 0 Å². The van der Waals surface area contributed by atoms with E-state index in [1.54, 1.807) is 12.1 Å². The van der Waals surface area contributed by atoms with E-state index < -0.39 is 0 Å². The van der Waals surface area contributed by atoms with Crippen LogP contribution in [0, 0.1) is 11.7 Å². The minimum Gasteiger partial charge on any atom is -0.377 e. The lowest BCUT2D eigenvalue weighted by Crippen LogP contribution is -2.10. The maximum Gasteiger partial charge on any atom is 0.137 e. The van der Waals surface area contributed by atoms with Crippen LogP contribution in [0.5, 0.6) is 0 Å². The number of halogens is 2. The average Bonchev–Trinajstić information content (AvgIpc) is 2.82. The molecule has 94 valence electrons. The SMILES string of the molecule is Fc1ccc(COCCC2CCNC2)cc1Br. The van der Waals surface area contributed by atoms with Gasteiger partial charge in [-0.3, -0.25) is 0 Å². The highest BCUT2D eigenvalue weighted by Crippen LogP contribution is 2.18. The summed E-state index contributed by atoms with van der Waals surface area (Å²) in [5, 5.41) is 3.34. The molecule has 4 heteroatoms. The Kier molecular flexibility index (Phi) is 4.95. The van der Waals surface area contributed by atoms with Crippen LogP contribution < -0.4 is 5.32 Å². The second kappa shape index (κ2) is 6.47. The van der Waals surface area contributed by atoms with Gasteiger partial charge in [0.2, 0.25) is 0 Å². The third-order valence-corrected chi connectivity index (χ3v) is 3.69. The van der Waals surface area contributed by atoms with E-state index in [4.69, 9.17) is 4.74 Å². The number of benzene rings is 1. The van der Waals surface area contributed by atoms with Crippen molar-refractivity contribution in [3.8, 4) is 0 Å². The van der Waals surface area contributed by atoms with E-state index in [9.17, 15) is 4.39 Å². The van der Waals surface area contributed by atoms with Gasteiger partial charge in [-0.25, -0.2) is 4.39 Å². The number of rotatable bonds is 5. The van der Waals surface area contributed by atoms with Crippen LogP contribution in [-0.4, -0.2) is 19.7 Å². The highest BCUT2D eigenvalue weighted by atomic mass is 79.9. The molecule has 2 rings (SSSR count). The van der Waals surface area contributed by atoms with Gasteiger partial charge < -0.3 is 10.1 Å². The Morgan fingerprint density at radius 2 is 2.35 bits per heavy atom. The first-order valence-corrected chi connectivity index (χ1v) is 6.77. The van der Waals surface area contributed by atoms with E-state index in [1.807, 2.05) is 0 Å². The lowest BCUT2D eigenvalue weighted by molar-refractivity contribution is 0.109. The monoisotopic (exact) mass is 301 g/mol. The van der Waals surface area contributed by atoms with Gasteiger partial charge in [0.15, 0.2) is 0 Å². The second-order valence-corrected chi connectivity index (χ2v) is 5.30. The molecule has 1 saturated heterocycles. The van der Waals surface area contributed by atoms with Crippen LogP contribution in [0.2, 0.25) is 0 Å². The molecular formula is C13H17BrFNO. The van der Waals surface area contributed by atoms with Gasteiger partial charge in [0, 0.05) is 6.61 Å². The molecular weight excluding hydrogens is 285 g/mol. The van der Waals surface area contributed by atoms with E-state index in [0.29, 0.717) is 11.1 Å². The fourth-order valence-corrected chi connectivity index (χ4v) is 2.46. The summed E-state index contributed by atoms with van der Waals surface area (Å²) in [6.07, 6.45) is 2.36. The Hall–Kier alpha value is -0.450. The number of hydrogen-bond acceptors (Lipinski definition) is 2. The fraction of sp³-hybridized carbons (Fsp3) is 0.538. The van der Waals surface area contributed by atoms with Crippen molar-refractivity contribution in [1.82, 2.24) is 5.32 Å². The van der Waals surface area contributed by atoms with Crippen LogP contribution in [0.15, 0.2) is 22.7 Å². The molecule has 1 aromatic rings. The Bertz CT molecular complexity index is 366. The molecule has 1 atom stereocenters. The van der Waals surface area contributed by atoms with Gasteiger partial charge >= 0.3 is 0 Å². The smallest absolute Gasteiger partial charge is 0.137 e. The molecule has 1 aliphatic heterocycles. The molecule has 0 aromatic heterocycles. The second-order valence-electron chi connectivity index (χ2n) is 4.45. The quantitative estimate of drug-likeness (QED) is 0.844. The lowest BCUT2D eigenvalue weighted by Gasteiger charge is -2.09. The van der Waals surface area contributed by atoms with Gasteiger partial charge in [-0.15, -0.1) is 0 Å². The summed E-state index contributed by atoms with van der Waals surface area (Å²) in [5.41, 5.74) is 1.00. The maximum absolute atomic E-state index is 13.0. The number of hydrogen-bond donors (Lipinski definition) is 1. The zero-order valence-corrected chi connectivity index (χ0v) is 11.3. The van der Waals surface area contributed by atoms with Crippen molar-refractivity contribution in [2.24, 2.45) is 5.92 Å². The van der Waals surface area contributed by atoms with E-state index in [2.05, 4.69) is 21.2 Å². The summed E-state index contributed by atoms with van der Waals surface area (Å²) in [6, 6.07) is 4.99. The molecule has 17 heavy (non-hydrogen) atoms. The van der Waals surface area contributed by atoms with Crippen molar-refractivity contribution in [2.45, 2.75) is 19.4 Å². The molecule has 1 aliphatic rings. The van der Waals surface area contributed by atoms with Gasteiger partial charge in [0.25, 0.3) is 0 Å². The van der Waals surface area contributed by atoms with Crippen LogP contribution in [-0.2, 0) is 11.3 Å². The first kappa shape index (κ1) is 13.0. The van der Waals surface area contributed by atoms with Crippen molar-refractivity contribution in [2.75, 3.05) is 19.7 Å². The minimum absolute atomic E-state index is 0.231. The summed E-state index contributed by atoms with van der Waals surface area (Å²) in [7, 11) is 0. The van der Waals surface area contributed by atoms with Gasteiger partial charge in [0.1, 0.15) is 5.82 Å². The molecule has 0 saturated carbocycles. The molecule has 2 nitrogen and oxygen atoms in total. The van der Waals surface area contributed by atoms with Crippen LogP contribution >= 0.6 is 15.9 Å². The minimum atomic E-state index is -0.231. The van der Waals surface area contributed by atoms with E-state index in [0.717, 1.165) is 37.6 Å². The Balaban J connectivity index is 1.68. The van der Waals surface area contributed by atoms with Gasteiger partial charge in [-0.05, 0) is 65.5 Å². The summed E-state index contributed by atoms with van der Waals surface area (Å²) in [6.45, 7) is 3.58. The third kappa shape index (κ3) is 4.05. The van der Waals surface area contributed by atoms with Crippen LogP contribution in [0.4, 0.5) is 4.39 Å². The van der Waals surface area contributed by atoms with Gasteiger partial charge in [0.05, 0.1) is 11.1 Å². The predicted octanol–water partition coefficient (Wildman–Crippen LogP) is 3.10. The summed E-state index contributed by atoms with van der Waals surface area (Å²) >= 11 is 3.17. The van der Waals surface area contributed by atoms with Crippen LogP contribution in [0.3, 0.4) is 0 Å². The highest BCUT2D eigenvalue weighted by molar-refractivity contribution is 9.10. The Morgan fingerprint density at radius 3 is 3.06 bits per heavy atom. The molecule has 0 spiro atoms. The molecule has 1 heterocycles. The molecule has 1 aromatic carbocycles. The van der Waals surface area contributed by atoms with Gasteiger partial charge in [-0.1, -0.05) is 6.07 Å². The Labute approximate surface area is 110 Å². The van der Waals surface area contributed by atoms with E-state index >= 15 is 0 Å². The van der Waals surface area contributed by atoms with Crippen molar-refractivity contribution in [3.63, 3.8) is 0 Å². The first-order chi connectivity index (χ1) is 8.25. The molecule has 0 radical (unpaired) electrons. The van der Waals surface area contributed by atoms with Crippen LogP contribution in [0.25, 0.3) is 0 Å². The first-order valence-electron chi connectivity index (χ1n) is 5.98.